The van der Waals surface area contributed by atoms with Crippen molar-refractivity contribution in [2.45, 2.75) is 18.4 Å². The lowest BCUT2D eigenvalue weighted by Gasteiger charge is -2.25. The van der Waals surface area contributed by atoms with E-state index >= 15 is 0 Å². The van der Waals surface area contributed by atoms with Crippen LogP contribution in [0.3, 0.4) is 0 Å². The molecule has 0 rings (SSSR count). The third-order valence-corrected chi connectivity index (χ3v) is 1.86. The van der Waals surface area contributed by atoms with Crippen molar-refractivity contribution in [2.24, 2.45) is 0 Å². The maximum absolute atomic E-state index is 11.1. The number of hydrogen-bond acceptors (Lipinski definition) is 7. The molecule has 4 N–H and O–H groups in total. The third kappa shape index (κ3) is 5.66. The topological polar surface area (TPSA) is 185 Å². The molecule has 0 aromatic heterocycles. The molecule has 0 fully saturated rings. The van der Waals surface area contributed by atoms with Gasteiger partial charge in [0.1, 0.15) is 0 Å². The van der Waals surface area contributed by atoms with Gasteiger partial charge in [-0.05, 0) is 0 Å². The molecule has 0 aliphatic carbocycles. The molecule has 112 valence electrons. The van der Waals surface area contributed by atoms with Gasteiger partial charge in [-0.2, -0.15) is 0 Å². The van der Waals surface area contributed by atoms with E-state index in [2.05, 4.69) is 9.47 Å². The zero-order valence-corrected chi connectivity index (χ0v) is 9.77. The van der Waals surface area contributed by atoms with Crippen LogP contribution in [0.4, 0.5) is 4.79 Å². The molecule has 0 saturated heterocycles. The van der Waals surface area contributed by atoms with Crippen LogP contribution < -0.4 is 0 Å². The molecule has 0 aromatic carbocycles. The van der Waals surface area contributed by atoms with Crippen molar-refractivity contribution in [3.05, 3.63) is 0 Å². The smallest absolute Gasteiger partial charge is 0.481 e. The fourth-order valence-electron chi connectivity index (χ4n) is 1.13. The Balaban J connectivity index is 5.12. The zero-order valence-electron chi connectivity index (χ0n) is 9.77. The Labute approximate surface area is 110 Å². The first-order valence-electron chi connectivity index (χ1n) is 4.83. The summed E-state index contributed by atoms with van der Waals surface area (Å²) in [6.45, 7) is -1.16. The van der Waals surface area contributed by atoms with Crippen molar-refractivity contribution in [3.8, 4) is 0 Å². The van der Waals surface area contributed by atoms with E-state index in [1.807, 2.05) is 0 Å². The molecule has 0 unspecified atom stereocenters. The van der Waals surface area contributed by atoms with E-state index < -0.39 is 55.1 Å². The predicted octanol–water partition coefficient (Wildman–Crippen LogP) is -1.00. The number of carboxylic acids is 4. The molecule has 11 nitrogen and oxygen atoms in total. The van der Waals surface area contributed by atoms with Crippen LogP contribution in [0, 0.1) is 0 Å². The van der Waals surface area contributed by atoms with Crippen LogP contribution in [-0.4, -0.2) is 62.7 Å². The van der Waals surface area contributed by atoms with Crippen molar-refractivity contribution in [1.82, 2.24) is 0 Å². The van der Waals surface area contributed by atoms with Gasteiger partial charge in [-0.25, -0.2) is 14.4 Å². The Morgan fingerprint density at radius 2 is 1.25 bits per heavy atom. The lowest BCUT2D eigenvalue weighted by atomic mass is 9.95. The molecule has 20 heavy (non-hydrogen) atoms. The van der Waals surface area contributed by atoms with Crippen LogP contribution in [0.25, 0.3) is 0 Å². The summed E-state index contributed by atoms with van der Waals surface area (Å²) in [5.74, 6) is -7.06. The number of carbonyl (C=O) groups is 5. The zero-order chi connectivity index (χ0) is 15.9. The summed E-state index contributed by atoms with van der Waals surface area (Å²) in [7, 11) is 0. The highest BCUT2D eigenvalue weighted by Gasteiger charge is 2.47. The fraction of sp³-hybridized carbons (Fsp3) is 0.444. The highest BCUT2D eigenvalue weighted by molar-refractivity contribution is 5.90. The van der Waals surface area contributed by atoms with E-state index in [-0.39, 0.29) is 0 Å². The van der Waals surface area contributed by atoms with E-state index in [0.29, 0.717) is 0 Å². The van der Waals surface area contributed by atoms with Crippen LogP contribution in [0.2, 0.25) is 0 Å². The van der Waals surface area contributed by atoms with E-state index in [1.165, 1.54) is 0 Å². The second kappa shape index (κ2) is 6.92. The van der Waals surface area contributed by atoms with Gasteiger partial charge < -0.3 is 29.9 Å². The SMILES string of the molecule is O=C(O)COC(=O)OC(CC(=O)O)(CC(=O)O)C(=O)O. The number of carbonyl (C=O) groups excluding carboxylic acids is 1. The minimum atomic E-state index is -2.90. The Bertz CT molecular complexity index is 421. The van der Waals surface area contributed by atoms with Gasteiger partial charge in [0, 0.05) is 0 Å². The molecule has 0 spiro atoms. The van der Waals surface area contributed by atoms with Crippen molar-refractivity contribution in [1.29, 1.82) is 0 Å². The van der Waals surface area contributed by atoms with Crippen LogP contribution >= 0.6 is 0 Å². The largest absolute Gasteiger partial charge is 0.510 e. The molecular weight excluding hydrogens is 284 g/mol. The molecule has 0 radical (unpaired) electrons. The number of aliphatic carboxylic acids is 4. The average Bonchev–Trinajstić information content (AvgIpc) is 2.23. The first-order valence-corrected chi connectivity index (χ1v) is 4.83. The highest BCUT2D eigenvalue weighted by Crippen LogP contribution is 2.23. The van der Waals surface area contributed by atoms with Gasteiger partial charge in [-0.3, -0.25) is 9.59 Å². The van der Waals surface area contributed by atoms with Gasteiger partial charge in [0.2, 0.25) is 5.60 Å². The molecule has 0 bridgehead atoms. The molecule has 11 heteroatoms. The Morgan fingerprint density at radius 3 is 1.55 bits per heavy atom. The monoisotopic (exact) mass is 294 g/mol. The maximum Gasteiger partial charge on any atom is 0.510 e. The van der Waals surface area contributed by atoms with Crippen LogP contribution in [-0.2, 0) is 28.7 Å². The minimum absolute atomic E-state index is 1.16. The average molecular weight is 294 g/mol. The van der Waals surface area contributed by atoms with Gasteiger partial charge in [0.15, 0.2) is 6.61 Å². The van der Waals surface area contributed by atoms with Gasteiger partial charge in [-0.15, -0.1) is 0 Å². The number of ether oxygens (including phenoxy) is 2. The lowest BCUT2D eigenvalue weighted by Crippen LogP contribution is -2.47. The van der Waals surface area contributed by atoms with Gasteiger partial charge in [0.05, 0.1) is 12.8 Å². The number of carboxylic acid groups (broad SMARTS) is 4. The maximum atomic E-state index is 11.1. The van der Waals surface area contributed by atoms with Crippen molar-refractivity contribution >= 4 is 30.0 Å². The minimum Gasteiger partial charge on any atom is -0.481 e. The Hall–Kier alpha value is -2.85. The summed E-state index contributed by atoms with van der Waals surface area (Å²) in [6.07, 6.45) is -4.48. The normalized spacial score (nSPS) is 10.4. The highest BCUT2D eigenvalue weighted by atomic mass is 16.7. The Kier molecular flexibility index (Phi) is 5.93. The lowest BCUT2D eigenvalue weighted by molar-refractivity contribution is -0.173. The van der Waals surface area contributed by atoms with Crippen molar-refractivity contribution in [3.63, 3.8) is 0 Å². The summed E-state index contributed by atoms with van der Waals surface area (Å²) in [5.41, 5.74) is -2.90. The second-order valence-electron chi connectivity index (χ2n) is 3.47. The van der Waals surface area contributed by atoms with Gasteiger partial charge >= 0.3 is 30.0 Å². The Morgan fingerprint density at radius 1 is 0.800 bits per heavy atom. The standard InChI is InChI=1S/C9H10O11/c10-4(11)1-9(7(16)17,2-5(12)13)20-8(18)19-3-6(14)15/h1-3H2,(H,10,11)(H,12,13)(H,14,15)(H,16,17). The predicted molar refractivity (Wildman–Crippen MR) is 54.9 cm³/mol. The summed E-state index contributed by atoms with van der Waals surface area (Å²) >= 11 is 0. The van der Waals surface area contributed by atoms with E-state index in [4.69, 9.17) is 20.4 Å². The van der Waals surface area contributed by atoms with E-state index in [1.54, 1.807) is 0 Å². The first-order chi connectivity index (χ1) is 9.09. The molecule has 0 heterocycles. The molecular formula is C9H10O11. The molecule has 0 atom stereocenters. The van der Waals surface area contributed by atoms with Gasteiger partial charge in [-0.1, -0.05) is 0 Å². The number of hydrogen-bond donors (Lipinski definition) is 4. The molecule has 0 saturated carbocycles. The van der Waals surface area contributed by atoms with Crippen LogP contribution in [0.1, 0.15) is 12.8 Å². The molecule has 0 aromatic rings. The first kappa shape index (κ1) is 17.2. The molecule has 0 aliphatic heterocycles. The van der Waals surface area contributed by atoms with Crippen molar-refractivity contribution in [2.75, 3.05) is 6.61 Å². The summed E-state index contributed by atoms with van der Waals surface area (Å²) in [4.78, 5) is 53.3. The molecule has 0 amide bonds. The van der Waals surface area contributed by atoms with Crippen LogP contribution in [0.15, 0.2) is 0 Å². The van der Waals surface area contributed by atoms with Gasteiger partial charge in [0.25, 0.3) is 0 Å². The third-order valence-electron chi connectivity index (χ3n) is 1.86. The second-order valence-corrected chi connectivity index (χ2v) is 3.47. The quantitative estimate of drug-likeness (QED) is 0.402. The summed E-state index contributed by atoms with van der Waals surface area (Å²) < 4.78 is 8.15. The van der Waals surface area contributed by atoms with E-state index in [9.17, 15) is 24.0 Å². The number of rotatable bonds is 8. The summed E-state index contributed by atoms with van der Waals surface area (Å²) in [6, 6.07) is 0. The molecule has 0 aliphatic rings. The van der Waals surface area contributed by atoms with Crippen LogP contribution in [0.5, 0.6) is 0 Å². The summed E-state index contributed by atoms with van der Waals surface area (Å²) in [5, 5.41) is 34.2. The fourth-order valence-corrected chi connectivity index (χ4v) is 1.13. The van der Waals surface area contributed by atoms with E-state index in [0.717, 1.165) is 0 Å². The van der Waals surface area contributed by atoms with Crippen molar-refractivity contribution < 1.29 is 53.9 Å².